The molecule has 23 heavy (non-hydrogen) atoms. The van der Waals surface area contributed by atoms with E-state index in [1.54, 1.807) is 29.7 Å². The maximum absolute atomic E-state index is 12.0. The van der Waals surface area contributed by atoms with Crippen LogP contribution in [0.25, 0.3) is 0 Å². The molecule has 0 saturated carbocycles. The number of carbonyl (C=O) groups is 1. The van der Waals surface area contributed by atoms with Gasteiger partial charge in [-0.15, -0.1) is 11.3 Å². The van der Waals surface area contributed by atoms with Crippen molar-refractivity contribution in [3.05, 3.63) is 52.2 Å². The van der Waals surface area contributed by atoms with E-state index in [0.717, 1.165) is 23.7 Å². The average molecular weight is 330 g/mol. The lowest BCUT2D eigenvalue weighted by atomic mass is 10.2. The third kappa shape index (κ3) is 6.24. The fourth-order valence-electron chi connectivity index (χ4n) is 2.01. The van der Waals surface area contributed by atoms with Crippen LogP contribution in [0.4, 0.5) is 0 Å². The Kier molecular flexibility index (Phi) is 7.33. The molecule has 1 N–H and O–H groups in total. The van der Waals surface area contributed by atoms with E-state index in [1.807, 2.05) is 29.6 Å². The zero-order valence-corrected chi connectivity index (χ0v) is 14.1. The first kappa shape index (κ1) is 17.2. The summed E-state index contributed by atoms with van der Waals surface area (Å²) in [5.41, 5.74) is 3.08. The van der Waals surface area contributed by atoms with Crippen LogP contribution in [0.15, 0.2) is 46.9 Å². The molecule has 0 bridgehead atoms. The maximum atomic E-state index is 12.0. The van der Waals surface area contributed by atoms with E-state index < -0.39 is 0 Å². The summed E-state index contributed by atoms with van der Waals surface area (Å²) in [4.78, 5) is 13.0. The molecule has 0 fully saturated rings. The lowest BCUT2D eigenvalue weighted by Gasteiger charge is -2.06. The Bertz CT molecular complexity index is 606. The Morgan fingerprint density at radius 3 is 2.74 bits per heavy atom. The van der Waals surface area contributed by atoms with E-state index in [-0.39, 0.29) is 5.91 Å². The lowest BCUT2D eigenvalue weighted by molar-refractivity contribution is 0.0955. The molecule has 1 heterocycles. The third-order valence-electron chi connectivity index (χ3n) is 3.28. The standard InChI is InChI=1S/C18H22N2O2S/c1-2-3-4-5-12-22-16-10-8-15(9-11-16)18(21)20-19-14-17-7-6-13-23-17/h6-11,13-14H,2-5,12H2,1H3,(H,20,21). The van der Waals surface area contributed by atoms with Gasteiger partial charge in [0.15, 0.2) is 0 Å². The first-order chi connectivity index (χ1) is 11.3. The molecule has 2 aromatic rings. The highest BCUT2D eigenvalue weighted by atomic mass is 32.1. The van der Waals surface area contributed by atoms with Crippen LogP contribution in [0.3, 0.4) is 0 Å². The summed E-state index contributed by atoms with van der Waals surface area (Å²) in [5.74, 6) is 0.562. The summed E-state index contributed by atoms with van der Waals surface area (Å²) in [5, 5.41) is 5.91. The SMILES string of the molecule is CCCCCCOc1ccc(C(=O)NN=Cc2cccs2)cc1. The van der Waals surface area contributed by atoms with Crippen molar-refractivity contribution in [2.45, 2.75) is 32.6 Å². The number of nitrogens with zero attached hydrogens (tertiary/aromatic N) is 1. The average Bonchev–Trinajstić information content (AvgIpc) is 3.08. The van der Waals surface area contributed by atoms with Gasteiger partial charge < -0.3 is 4.74 Å². The van der Waals surface area contributed by atoms with Gasteiger partial charge in [-0.05, 0) is 42.1 Å². The van der Waals surface area contributed by atoms with Crippen LogP contribution in [0.2, 0.25) is 0 Å². The summed E-state index contributed by atoms with van der Waals surface area (Å²) >= 11 is 1.57. The van der Waals surface area contributed by atoms with E-state index in [0.29, 0.717) is 5.56 Å². The van der Waals surface area contributed by atoms with Crippen molar-refractivity contribution in [1.29, 1.82) is 0 Å². The molecule has 5 heteroatoms. The van der Waals surface area contributed by atoms with Crippen molar-refractivity contribution >= 4 is 23.5 Å². The molecule has 0 aliphatic carbocycles. The molecule has 2 rings (SSSR count). The molecule has 1 aromatic heterocycles. The second kappa shape index (κ2) is 9.79. The topological polar surface area (TPSA) is 50.7 Å². The van der Waals surface area contributed by atoms with Crippen molar-refractivity contribution in [3.8, 4) is 5.75 Å². The quantitative estimate of drug-likeness (QED) is 0.419. The number of carbonyl (C=O) groups excluding carboxylic acids is 1. The van der Waals surface area contributed by atoms with Crippen molar-refractivity contribution in [2.75, 3.05) is 6.61 Å². The van der Waals surface area contributed by atoms with Gasteiger partial charge in [-0.2, -0.15) is 5.10 Å². The van der Waals surface area contributed by atoms with Gasteiger partial charge in [-0.1, -0.05) is 32.3 Å². The van der Waals surface area contributed by atoms with Crippen molar-refractivity contribution in [3.63, 3.8) is 0 Å². The predicted molar refractivity (Wildman–Crippen MR) is 95.5 cm³/mol. The van der Waals surface area contributed by atoms with Crippen molar-refractivity contribution < 1.29 is 9.53 Å². The highest BCUT2D eigenvalue weighted by Crippen LogP contribution is 2.13. The van der Waals surface area contributed by atoms with Crippen LogP contribution in [0.5, 0.6) is 5.75 Å². The van der Waals surface area contributed by atoms with Gasteiger partial charge in [0.05, 0.1) is 12.8 Å². The predicted octanol–water partition coefficient (Wildman–Crippen LogP) is 4.47. The number of benzene rings is 1. The number of hydrogen-bond donors (Lipinski definition) is 1. The number of ether oxygens (including phenoxy) is 1. The fraction of sp³-hybridized carbons (Fsp3) is 0.333. The minimum atomic E-state index is -0.229. The van der Waals surface area contributed by atoms with Crippen LogP contribution < -0.4 is 10.2 Å². The first-order valence-corrected chi connectivity index (χ1v) is 8.77. The minimum Gasteiger partial charge on any atom is -0.494 e. The van der Waals surface area contributed by atoms with E-state index >= 15 is 0 Å². The number of hydrogen-bond acceptors (Lipinski definition) is 4. The highest BCUT2D eigenvalue weighted by Gasteiger charge is 2.04. The summed E-state index contributed by atoms with van der Waals surface area (Å²) in [6, 6.07) is 11.0. The molecular weight excluding hydrogens is 308 g/mol. The molecule has 0 radical (unpaired) electrons. The van der Waals surface area contributed by atoms with Gasteiger partial charge in [0.25, 0.3) is 5.91 Å². The number of rotatable bonds is 9. The van der Waals surface area contributed by atoms with E-state index in [4.69, 9.17) is 4.74 Å². The highest BCUT2D eigenvalue weighted by molar-refractivity contribution is 7.11. The zero-order chi connectivity index (χ0) is 16.3. The first-order valence-electron chi connectivity index (χ1n) is 7.89. The lowest BCUT2D eigenvalue weighted by Crippen LogP contribution is -2.17. The molecule has 4 nitrogen and oxygen atoms in total. The van der Waals surface area contributed by atoms with Gasteiger partial charge in [0.2, 0.25) is 0 Å². The Balaban J connectivity index is 1.76. The van der Waals surface area contributed by atoms with Crippen LogP contribution >= 0.6 is 11.3 Å². The van der Waals surface area contributed by atoms with Crippen LogP contribution in [0.1, 0.15) is 47.8 Å². The number of unbranched alkanes of at least 4 members (excludes halogenated alkanes) is 3. The van der Waals surface area contributed by atoms with E-state index in [2.05, 4.69) is 17.5 Å². The zero-order valence-electron chi connectivity index (χ0n) is 13.3. The smallest absolute Gasteiger partial charge is 0.271 e. The maximum Gasteiger partial charge on any atom is 0.271 e. The monoisotopic (exact) mass is 330 g/mol. The van der Waals surface area contributed by atoms with Gasteiger partial charge in [0.1, 0.15) is 5.75 Å². The fourth-order valence-corrected chi connectivity index (χ4v) is 2.59. The molecule has 0 aliphatic rings. The van der Waals surface area contributed by atoms with Gasteiger partial charge in [-0.25, -0.2) is 5.43 Å². The number of thiophene rings is 1. The second-order valence-corrected chi connectivity index (χ2v) is 6.13. The summed E-state index contributed by atoms with van der Waals surface area (Å²) < 4.78 is 5.66. The number of hydrazone groups is 1. The summed E-state index contributed by atoms with van der Waals surface area (Å²) in [7, 11) is 0. The minimum absolute atomic E-state index is 0.229. The Morgan fingerprint density at radius 2 is 2.04 bits per heavy atom. The Morgan fingerprint density at radius 1 is 1.22 bits per heavy atom. The van der Waals surface area contributed by atoms with Gasteiger partial charge >= 0.3 is 0 Å². The molecule has 0 saturated heterocycles. The van der Waals surface area contributed by atoms with Crippen LogP contribution in [-0.2, 0) is 0 Å². The summed E-state index contributed by atoms with van der Waals surface area (Å²) in [6.45, 7) is 2.91. The Labute approximate surface area is 141 Å². The van der Waals surface area contributed by atoms with Crippen LogP contribution in [0, 0.1) is 0 Å². The van der Waals surface area contributed by atoms with Crippen molar-refractivity contribution in [1.82, 2.24) is 5.43 Å². The van der Waals surface area contributed by atoms with Gasteiger partial charge in [-0.3, -0.25) is 4.79 Å². The van der Waals surface area contributed by atoms with Crippen LogP contribution in [-0.4, -0.2) is 18.7 Å². The van der Waals surface area contributed by atoms with E-state index in [9.17, 15) is 4.79 Å². The molecule has 0 aliphatic heterocycles. The molecule has 0 unspecified atom stereocenters. The third-order valence-corrected chi connectivity index (χ3v) is 4.09. The Hall–Kier alpha value is -2.14. The molecular formula is C18H22N2O2S. The molecule has 0 spiro atoms. The second-order valence-electron chi connectivity index (χ2n) is 5.15. The molecule has 1 aromatic carbocycles. The summed E-state index contributed by atoms with van der Waals surface area (Å²) in [6.07, 6.45) is 6.36. The van der Waals surface area contributed by atoms with Crippen molar-refractivity contribution in [2.24, 2.45) is 5.10 Å². The molecule has 1 amide bonds. The molecule has 122 valence electrons. The van der Waals surface area contributed by atoms with E-state index in [1.165, 1.54) is 19.3 Å². The molecule has 0 atom stereocenters. The number of nitrogens with one attached hydrogen (secondary N) is 1. The van der Waals surface area contributed by atoms with Gasteiger partial charge in [0, 0.05) is 10.4 Å². The number of amides is 1. The normalized spacial score (nSPS) is 10.8. The largest absolute Gasteiger partial charge is 0.494 e.